The minimum atomic E-state index is -3.51. The van der Waals surface area contributed by atoms with Crippen molar-refractivity contribution in [2.45, 2.75) is 37.0 Å². The number of anilines is 1. The highest BCUT2D eigenvalue weighted by atomic mass is 32.2. The van der Waals surface area contributed by atoms with Gasteiger partial charge in [0.1, 0.15) is 5.75 Å². The average Bonchev–Trinajstić information content (AvgIpc) is 2.98. The van der Waals surface area contributed by atoms with Crippen molar-refractivity contribution < 1.29 is 13.2 Å². The van der Waals surface area contributed by atoms with Crippen molar-refractivity contribution in [2.24, 2.45) is 0 Å². The van der Waals surface area contributed by atoms with E-state index < -0.39 is 10.0 Å². The Morgan fingerprint density at radius 3 is 2.39 bits per heavy atom. The topological polar surface area (TPSA) is 65.6 Å². The smallest absolute Gasteiger partial charge is 0.243 e. The number of H-pyrrole nitrogens is 1. The van der Waals surface area contributed by atoms with Gasteiger partial charge in [0.2, 0.25) is 10.0 Å². The number of nitrogens with one attached hydrogen (secondary N) is 1. The quantitative estimate of drug-likeness (QED) is 0.625. The van der Waals surface area contributed by atoms with Gasteiger partial charge in [0.05, 0.1) is 12.0 Å². The lowest BCUT2D eigenvalue weighted by Crippen LogP contribution is -2.48. The minimum absolute atomic E-state index is 0.406. The van der Waals surface area contributed by atoms with Crippen molar-refractivity contribution in [3.05, 3.63) is 53.7 Å². The molecule has 2 aliphatic rings. The van der Waals surface area contributed by atoms with Crippen LogP contribution in [-0.4, -0.2) is 51.0 Å². The van der Waals surface area contributed by atoms with Gasteiger partial charge in [0.15, 0.2) is 0 Å². The second-order valence-electron chi connectivity index (χ2n) is 8.44. The first-order valence-electron chi connectivity index (χ1n) is 11.1. The van der Waals surface area contributed by atoms with Gasteiger partial charge in [-0.2, -0.15) is 4.31 Å². The Hall–Kier alpha value is -2.51. The predicted molar refractivity (Wildman–Crippen MR) is 124 cm³/mol. The molecule has 2 aromatic carbocycles. The number of sulfonamides is 1. The fourth-order valence-electron chi connectivity index (χ4n) is 4.85. The van der Waals surface area contributed by atoms with Crippen molar-refractivity contribution in [3.63, 3.8) is 0 Å². The molecule has 1 saturated heterocycles. The lowest BCUT2D eigenvalue weighted by atomic mass is 10.1. The molecule has 31 heavy (non-hydrogen) atoms. The van der Waals surface area contributed by atoms with Crippen molar-refractivity contribution in [1.82, 2.24) is 9.29 Å². The predicted octanol–water partition coefficient (Wildman–Crippen LogP) is 3.96. The Labute approximate surface area is 183 Å². The lowest BCUT2D eigenvalue weighted by Gasteiger charge is -2.35. The van der Waals surface area contributed by atoms with Crippen LogP contribution in [0.1, 0.15) is 30.5 Å². The number of hydrogen-bond acceptors (Lipinski definition) is 4. The van der Waals surface area contributed by atoms with Crippen LogP contribution >= 0.6 is 0 Å². The van der Waals surface area contributed by atoms with Gasteiger partial charge in [-0.15, -0.1) is 0 Å². The highest BCUT2D eigenvalue weighted by Crippen LogP contribution is 2.31. The number of aromatic nitrogens is 1. The van der Waals surface area contributed by atoms with E-state index >= 15 is 0 Å². The van der Waals surface area contributed by atoms with Gasteiger partial charge in [-0.1, -0.05) is 6.42 Å². The Bertz CT molecular complexity index is 1180. The zero-order valence-corrected chi connectivity index (χ0v) is 18.7. The molecule has 3 aromatic rings. The molecule has 2 heterocycles. The minimum Gasteiger partial charge on any atom is -0.497 e. The summed E-state index contributed by atoms with van der Waals surface area (Å²) in [4.78, 5) is 6.15. The van der Waals surface area contributed by atoms with Crippen LogP contribution in [0.3, 0.4) is 0 Å². The number of piperazine rings is 1. The molecule has 7 heteroatoms. The molecule has 1 fully saturated rings. The van der Waals surface area contributed by atoms with E-state index in [1.807, 2.05) is 36.4 Å². The number of aryl methyl sites for hydroxylation is 2. The summed E-state index contributed by atoms with van der Waals surface area (Å²) < 4.78 is 33.6. The summed E-state index contributed by atoms with van der Waals surface area (Å²) in [7, 11) is -1.86. The average molecular weight is 440 g/mol. The number of rotatable bonds is 4. The maximum absolute atomic E-state index is 13.4. The zero-order chi connectivity index (χ0) is 21.4. The first-order valence-corrected chi connectivity index (χ1v) is 12.5. The van der Waals surface area contributed by atoms with E-state index in [4.69, 9.17) is 4.74 Å². The van der Waals surface area contributed by atoms with Gasteiger partial charge >= 0.3 is 0 Å². The first-order chi connectivity index (χ1) is 15.1. The van der Waals surface area contributed by atoms with Gasteiger partial charge in [-0.25, -0.2) is 8.42 Å². The van der Waals surface area contributed by atoms with Gasteiger partial charge < -0.3 is 14.6 Å². The van der Waals surface area contributed by atoms with E-state index in [2.05, 4.69) is 9.88 Å². The number of fused-ring (bicyclic) bond motifs is 3. The van der Waals surface area contributed by atoms with Gasteiger partial charge in [0.25, 0.3) is 0 Å². The van der Waals surface area contributed by atoms with Crippen LogP contribution in [0, 0.1) is 0 Å². The molecule has 5 rings (SSSR count). The second kappa shape index (κ2) is 8.20. The van der Waals surface area contributed by atoms with Crippen LogP contribution in [0.5, 0.6) is 5.75 Å². The van der Waals surface area contributed by atoms with E-state index in [-0.39, 0.29) is 0 Å². The standard InChI is InChI=1S/C24H29N3O3S/c1-30-19-9-7-18(8-10-19)26-13-15-27(16-14-26)31(28,29)20-11-12-24-22(17-20)21-5-3-2-4-6-23(21)25-24/h7-12,17,25H,2-6,13-16H2,1H3. The molecule has 0 bridgehead atoms. The van der Waals surface area contributed by atoms with Crippen LogP contribution in [-0.2, 0) is 22.9 Å². The number of ether oxygens (including phenoxy) is 1. The fourth-order valence-corrected chi connectivity index (χ4v) is 6.30. The molecule has 164 valence electrons. The molecule has 1 aromatic heterocycles. The monoisotopic (exact) mass is 439 g/mol. The highest BCUT2D eigenvalue weighted by molar-refractivity contribution is 7.89. The molecule has 1 N–H and O–H groups in total. The maximum atomic E-state index is 13.4. The zero-order valence-electron chi connectivity index (χ0n) is 17.9. The molecule has 0 saturated carbocycles. The molecule has 0 amide bonds. The van der Waals surface area contributed by atoms with Gasteiger partial charge in [-0.3, -0.25) is 0 Å². The van der Waals surface area contributed by atoms with Crippen LogP contribution in [0.4, 0.5) is 5.69 Å². The maximum Gasteiger partial charge on any atom is 0.243 e. The number of hydrogen-bond donors (Lipinski definition) is 1. The Kier molecular flexibility index (Phi) is 5.40. The third kappa shape index (κ3) is 3.81. The third-order valence-electron chi connectivity index (χ3n) is 6.63. The normalized spacial score (nSPS) is 18.0. The summed E-state index contributed by atoms with van der Waals surface area (Å²) in [6, 6.07) is 13.5. The fraction of sp³-hybridized carbons (Fsp3) is 0.417. The van der Waals surface area contributed by atoms with Crippen LogP contribution in [0.15, 0.2) is 47.4 Å². The van der Waals surface area contributed by atoms with Crippen LogP contribution in [0.2, 0.25) is 0 Å². The molecule has 0 radical (unpaired) electrons. The molecule has 0 atom stereocenters. The SMILES string of the molecule is COc1ccc(N2CCN(S(=O)(=O)c3ccc4[nH]c5c(c4c3)CCCCC5)CC2)cc1. The second-order valence-corrected chi connectivity index (χ2v) is 10.4. The molecule has 1 aliphatic carbocycles. The number of aromatic amines is 1. The molecular weight excluding hydrogens is 410 g/mol. The van der Waals surface area contributed by atoms with E-state index in [9.17, 15) is 8.42 Å². The van der Waals surface area contributed by atoms with Gasteiger partial charge in [-0.05, 0) is 73.7 Å². The Morgan fingerprint density at radius 1 is 0.903 bits per heavy atom. The van der Waals surface area contributed by atoms with Crippen molar-refractivity contribution in [1.29, 1.82) is 0 Å². The van der Waals surface area contributed by atoms with Crippen molar-refractivity contribution in [3.8, 4) is 5.75 Å². The van der Waals surface area contributed by atoms with E-state index in [1.54, 1.807) is 17.5 Å². The van der Waals surface area contributed by atoms with Gasteiger partial charge in [0, 0.05) is 48.5 Å². The largest absolute Gasteiger partial charge is 0.497 e. The van der Waals surface area contributed by atoms with E-state index in [0.717, 1.165) is 35.2 Å². The summed E-state index contributed by atoms with van der Waals surface area (Å²) in [6.45, 7) is 2.32. The molecule has 1 aliphatic heterocycles. The highest BCUT2D eigenvalue weighted by Gasteiger charge is 2.29. The van der Waals surface area contributed by atoms with Crippen LogP contribution in [0.25, 0.3) is 10.9 Å². The van der Waals surface area contributed by atoms with E-state index in [1.165, 1.54) is 30.5 Å². The summed E-state index contributed by atoms with van der Waals surface area (Å²) >= 11 is 0. The number of nitrogens with zero attached hydrogens (tertiary/aromatic N) is 2. The van der Waals surface area contributed by atoms with E-state index in [0.29, 0.717) is 31.1 Å². The number of methoxy groups -OCH3 is 1. The summed E-state index contributed by atoms with van der Waals surface area (Å²) in [5.41, 5.74) is 4.74. The van der Waals surface area contributed by atoms with Crippen LogP contribution < -0.4 is 9.64 Å². The first kappa shape index (κ1) is 20.4. The molecule has 0 spiro atoms. The molecule has 6 nitrogen and oxygen atoms in total. The summed E-state index contributed by atoms with van der Waals surface area (Å²) in [6.07, 6.45) is 5.69. The van der Waals surface area contributed by atoms with Crippen molar-refractivity contribution >= 4 is 26.6 Å². The molecule has 0 unspecified atom stereocenters. The summed E-state index contributed by atoms with van der Waals surface area (Å²) in [5.74, 6) is 0.822. The third-order valence-corrected chi connectivity index (χ3v) is 8.53. The van der Waals surface area contributed by atoms with Crippen molar-refractivity contribution in [2.75, 3.05) is 38.2 Å². The summed E-state index contributed by atoms with van der Waals surface area (Å²) in [5, 5.41) is 1.08. The number of benzene rings is 2. The molecular formula is C24H29N3O3S. The Balaban J connectivity index is 1.35. The Morgan fingerprint density at radius 2 is 1.65 bits per heavy atom. The lowest BCUT2D eigenvalue weighted by molar-refractivity contribution is 0.384.